The maximum Gasteiger partial charge on any atom is 0.273 e. The molecule has 2 N–H and O–H groups in total. The van der Waals surface area contributed by atoms with Crippen LogP contribution in [0.5, 0.6) is 0 Å². The van der Waals surface area contributed by atoms with Crippen LogP contribution < -0.4 is 5.73 Å². The van der Waals surface area contributed by atoms with Gasteiger partial charge in [-0.15, -0.1) is 11.3 Å². The van der Waals surface area contributed by atoms with Crippen molar-refractivity contribution in [1.29, 1.82) is 0 Å². The minimum atomic E-state index is -0.899. The van der Waals surface area contributed by atoms with Crippen LogP contribution in [0.1, 0.15) is 22.6 Å². The fraction of sp³-hybridized carbons (Fsp3) is 0.0909. The molecule has 1 atom stereocenters. The van der Waals surface area contributed by atoms with Gasteiger partial charge in [0.2, 0.25) is 5.91 Å². The minimum absolute atomic E-state index is 0.123. The number of hydrogen-bond acceptors (Lipinski definition) is 5. The molecule has 0 bridgehead atoms. The number of carbonyl (C=O) groups excluding carboxylic acids is 1. The first-order chi connectivity index (χ1) is 13.9. The lowest BCUT2D eigenvalue weighted by Gasteiger charge is -2.15. The monoisotopic (exact) mass is 403 g/mol. The number of thiazole rings is 1. The van der Waals surface area contributed by atoms with Crippen LogP contribution in [0.4, 0.5) is 5.69 Å². The van der Waals surface area contributed by atoms with E-state index in [9.17, 15) is 14.9 Å². The molecule has 0 spiro atoms. The standard InChI is InChI=1S/C22H17N3O3S/c1-13-6-11-17-19(12-13)29-22(24-17)15-9-7-14(8-10-15)20(21(23)26)16-4-2-3-5-18(16)25(27)28/h2-12,20H,1H3,(H2,23,26). The molecule has 0 fully saturated rings. The fourth-order valence-electron chi connectivity index (χ4n) is 3.37. The summed E-state index contributed by atoms with van der Waals surface area (Å²) in [5.41, 5.74) is 9.41. The van der Waals surface area contributed by atoms with Crippen molar-refractivity contribution in [3.05, 3.63) is 93.5 Å². The Labute approximate surface area is 170 Å². The Morgan fingerprint density at radius 1 is 1.10 bits per heavy atom. The predicted octanol–water partition coefficient (Wildman–Crippen LogP) is 4.80. The van der Waals surface area contributed by atoms with Crippen molar-refractivity contribution in [1.82, 2.24) is 4.98 Å². The van der Waals surface area contributed by atoms with Crippen LogP contribution in [0.2, 0.25) is 0 Å². The topological polar surface area (TPSA) is 99.1 Å². The molecule has 0 aliphatic rings. The number of fused-ring (bicyclic) bond motifs is 1. The van der Waals surface area contributed by atoms with Crippen LogP contribution >= 0.6 is 11.3 Å². The van der Waals surface area contributed by atoms with Crippen molar-refractivity contribution >= 4 is 33.1 Å². The molecule has 1 aromatic heterocycles. The zero-order chi connectivity index (χ0) is 20.5. The van der Waals surface area contributed by atoms with Crippen LogP contribution in [-0.4, -0.2) is 15.8 Å². The second-order valence-electron chi connectivity index (χ2n) is 6.76. The van der Waals surface area contributed by atoms with Gasteiger partial charge in [-0.1, -0.05) is 48.5 Å². The summed E-state index contributed by atoms with van der Waals surface area (Å²) in [4.78, 5) is 27.7. The second kappa shape index (κ2) is 7.44. The summed E-state index contributed by atoms with van der Waals surface area (Å²) in [5, 5.41) is 12.2. The van der Waals surface area contributed by atoms with Gasteiger partial charge in [-0.2, -0.15) is 0 Å². The summed E-state index contributed by atoms with van der Waals surface area (Å²) in [6.07, 6.45) is 0. The normalized spacial score (nSPS) is 12.0. The van der Waals surface area contributed by atoms with Gasteiger partial charge in [-0.25, -0.2) is 4.98 Å². The highest BCUT2D eigenvalue weighted by atomic mass is 32.1. The number of rotatable bonds is 5. The first-order valence-corrected chi connectivity index (χ1v) is 9.76. The average Bonchev–Trinajstić information content (AvgIpc) is 3.12. The molecule has 0 saturated carbocycles. The van der Waals surface area contributed by atoms with Crippen LogP contribution in [0, 0.1) is 17.0 Å². The Hall–Kier alpha value is -3.58. The lowest BCUT2D eigenvalue weighted by atomic mass is 9.89. The number of aryl methyl sites for hydroxylation is 1. The number of nitro groups is 1. The lowest BCUT2D eigenvalue weighted by Crippen LogP contribution is -2.23. The van der Waals surface area contributed by atoms with E-state index in [0.29, 0.717) is 5.56 Å². The van der Waals surface area contributed by atoms with Gasteiger partial charge >= 0.3 is 0 Å². The molecule has 7 heteroatoms. The van der Waals surface area contributed by atoms with Gasteiger partial charge in [0.25, 0.3) is 5.69 Å². The highest BCUT2D eigenvalue weighted by Gasteiger charge is 2.27. The van der Waals surface area contributed by atoms with Crippen LogP contribution in [0.3, 0.4) is 0 Å². The van der Waals surface area contributed by atoms with E-state index in [1.54, 1.807) is 41.7 Å². The predicted molar refractivity (Wildman–Crippen MR) is 114 cm³/mol. The molecule has 0 aliphatic carbocycles. The molecule has 144 valence electrons. The summed E-state index contributed by atoms with van der Waals surface area (Å²) in [6, 6.07) is 19.6. The Morgan fingerprint density at radius 2 is 1.83 bits per heavy atom. The highest BCUT2D eigenvalue weighted by Crippen LogP contribution is 2.34. The van der Waals surface area contributed by atoms with Crippen molar-refractivity contribution < 1.29 is 9.72 Å². The molecule has 1 unspecified atom stereocenters. The first-order valence-electron chi connectivity index (χ1n) is 8.94. The van der Waals surface area contributed by atoms with E-state index in [4.69, 9.17) is 5.73 Å². The number of nitrogens with two attached hydrogens (primary N) is 1. The smallest absolute Gasteiger partial charge is 0.273 e. The average molecular weight is 403 g/mol. The van der Waals surface area contributed by atoms with Crippen molar-refractivity contribution in [2.45, 2.75) is 12.8 Å². The van der Waals surface area contributed by atoms with E-state index in [2.05, 4.69) is 11.1 Å². The Balaban J connectivity index is 1.73. The second-order valence-corrected chi connectivity index (χ2v) is 7.79. The molecule has 3 aromatic carbocycles. The fourth-order valence-corrected chi connectivity index (χ4v) is 4.44. The Kier molecular flexibility index (Phi) is 4.82. The van der Waals surface area contributed by atoms with Gasteiger partial charge in [0.1, 0.15) is 5.01 Å². The summed E-state index contributed by atoms with van der Waals surface area (Å²) in [7, 11) is 0. The maximum atomic E-state index is 12.2. The highest BCUT2D eigenvalue weighted by molar-refractivity contribution is 7.21. The number of amides is 1. The largest absolute Gasteiger partial charge is 0.369 e. The quantitative estimate of drug-likeness (QED) is 0.382. The molecule has 0 aliphatic heterocycles. The van der Waals surface area contributed by atoms with E-state index in [1.165, 1.54) is 11.6 Å². The van der Waals surface area contributed by atoms with Crippen molar-refractivity contribution in [2.24, 2.45) is 5.73 Å². The summed E-state index contributed by atoms with van der Waals surface area (Å²) in [5.74, 6) is -1.54. The first kappa shape index (κ1) is 18.8. The molecule has 29 heavy (non-hydrogen) atoms. The molecular formula is C22H17N3O3S. The van der Waals surface area contributed by atoms with Gasteiger partial charge in [-0.05, 0) is 30.2 Å². The van der Waals surface area contributed by atoms with E-state index in [0.717, 1.165) is 20.8 Å². The van der Waals surface area contributed by atoms with Crippen molar-refractivity contribution in [3.63, 3.8) is 0 Å². The third kappa shape index (κ3) is 3.60. The zero-order valence-electron chi connectivity index (χ0n) is 15.5. The number of aromatic nitrogens is 1. The number of hydrogen-bond donors (Lipinski definition) is 1. The molecule has 1 heterocycles. The van der Waals surface area contributed by atoms with E-state index in [1.807, 2.05) is 31.2 Å². The van der Waals surface area contributed by atoms with Crippen LogP contribution in [0.25, 0.3) is 20.8 Å². The van der Waals surface area contributed by atoms with Gasteiger partial charge in [0.05, 0.1) is 21.1 Å². The van der Waals surface area contributed by atoms with Crippen LogP contribution in [-0.2, 0) is 4.79 Å². The Morgan fingerprint density at radius 3 is 2.52 bits per heavy atom. The third-order valence-electron chi connectivity index (χ3n) is 4.76. The number of carbonyl (C=O) groups is 1. The lowest BCUT2D eigenvalue weighted by molar-refractivity contribution is -0.385. The van der Waals surface area contributed by atoms with Crippen molar-refractivity contribution in [2.75, 3.05) is 0 Å². The Bertz CT molecular complexity index is 1230. The van der Waals surface area contributed by atoms with E-state index >= 15 is 0 Å². The van der Waals surface area contributed by atoms with Gasteiger partial charge in [0.15, 0.2) is 0 Å². The zero-order valence-corrected chi connectivity index (χ0v) is 16.3. The third-order valence-corrected chi connectivity index (χ3v) is 5.83. The summed E-state index contributed by atoms with van der Waals surface area (Å²) < 4.78 is 1.11. The number of nitrogens with zero attached hydrogens (tertiary/aromatic N) is 2. The van der Waals surface area contributed by atoms with Gasteiger partial charge in [-0.3, -0.25) is 14.9 Å². The molecular weight excluding hydrogens is 386 g/mol. The molecule has 0 saturated heterocycles. The van der Waals surface area contributed by atoms with Crippen molar-refractivity contribution in [3.8, 4) is 10.6 Å². The number of para-hydroxylation sites is 1. The number of primary amides is 1. The molecule has 6 nitrogen and oxygen atoms in total. The SMILES string of the molecule is Cc1ccc2nc(-c3ccc(C(C(N)=O)c4ccccc4[N+](=O)[O-])cc3)sc2c1. The van der Waals surface area contributed by atoms with E-state index in [-0.39, 0.29) is 11.3 Å². The number of nitro benzene ring substituents is 1. The maximum absolute atomic E-state index is 12.2. The van der Waals surface area contributed by atoms with Gasteiger partial charge in [0, 0.05) is 17.2 Å². The molecule has 4 aromatic rings. The van der Waals surface area contributed by atoms with E-state index < -0.39 is 16.7 Å². The summed E-state index contributed by atoms with van der Waals surface area (Å²) >= 11 is 1.60. The number of benzene rings is 3. The summed E-state index contributed by atoms with van der Waals surface area (Å²) in [6.45, 7) is 2.04. The molecule has 0 radical (unpaired) electrons. The molecule has 1 amide bonds. The molecule has 4 rings (SSSR count). The van der Waals surface area contributed by atoms with Gasteiger partial charge < -0.3 is 5.73 Å². The minimum Gasteiger partial charge on any atom is -0.369 e. The van der Waals surface area contributed by atoms with Crippen LogP contribution in [0.15, 0.2) is 66.7 Å².